The molecular weight excluding hydrogens is 306 g/mol. The lowest BCUT2D eigenvalue weighted by Crippen LogP contribution is -2.22. The fourth-order valence-corrected chi connectivity index (χ4v) is 2.67. The lowest BCUT2D eigenvalue weighted by Gasteiger charge is -2.18. The number of nitrogens with one attached hydrogen (secondary N) is 1. The molecule has 1 atom stereocenters. The van der Waals surface area contributed by atoms with Crippen molar-refractivity contribution in [2.24, 2.45) is 0 Å². The molecule has 0 fully saturated rings. The fourth-order valence-electron chi connectivity index (χ4n) is 2.11. The Balaban J connectivity index is 2.39. The number of ether oxygens (including phenoxy) is 1. The van der Waals surface area contributed by atoms with Crippen molar-refractivity contribution in [1.82, 2.24) is 5.32 Å². The molecule has 0 aliphatic heterocycles. The normalized spacial score (nSPS) is 12.4. The molecule has 2 aromatic rings. The standard InChI is InChI=1S/C15H18BrNO2/c1-4-17-14(15-10(2)7-8-19-15)11-5-6-13(18-3)12(16)9-11/h5-9,14,17H,4H2,1-3H3. The van der Waals surface area contributed by atoms with Crippen molar-refractivity contribution in [3.05, 3.63) is 51.9 Å². The fraction of sp³-hybridized carbons (Fsp3) is 0.333. The number of furan rings is 1. The van der Waals surface area contributed by atoms with Crippen LogP contribution >= 0.6 is 15.9 Å². The highest BCUT2D eigenvalue weighted by Gasteiger charge is 2.19. The Kier molecular flexibility index (Phi) is 4.66. The van der Waals surface area contributed by atoms with Gasteiger partial charge >= 0.3 is 0 Å². The molecule has 0 aliphatic rings. The Morgan fingerprint density at radius 3 is 2.68 bits per heavy atom. The first-order valence-corrected chi connectivity index (χ1v) is 7.07. The first kappa shape index (κ1) is 14.2. The summed E-state index contributed by atoms with van der Waals surface area (Å²) in [5.74, 6) is 1.79. The quantitative estimate of drug-likeness (QED) is 0.901. The second-order valence-electron chi connectivity index (χ2n) is 4.35. The van der Waals surface area contributed by atoms with Crippen LogP contribution in [-0.4, -0.2) is 13.7 Å². The lowest BCUT2D eigenvalue weighted by atomic mass is 10.0. The van der Waals surface area contributed by atoms with Gasteiger partial charge in [-0.25, -0.2) is 0 Å². The van der Waals surface area contributed by atoms with E-state index in [0.29, 0.717) is 0 Å². The average molecular weight is 324 g/mol. The number of methoxy groups -OCH3 is 1. The first-order valence-electron chi connectivity index (χ1n) is 6.28. The summed E-state index contributed by atoms with van der Waals surface area (Å²) in [5.41, 5.74) is 2.30. The van der Waals surface area contributed by atoms with E-state index >= 15 is 0 Å². The van der Waals surface area contributed by atoms with Crippen molar-refractivity contribution >= 4 is 15.9 Å². The Morgan fingerprint density at radius 1 is 1.37 bits per heavy atom. The van der Waals surface area contributed by atoms with Crippen molar-refractivity contribution in [1.29, 1.82) is 0 Å². The number of halogens is 1. The second-order valence-corrected chi connectivity index (χ2v) is 5.21. The monoisotopic (exact) mass is 323 g/mol. The van der Waals surface area contributed by atoms with Crippen LogP contribution < -0.4 is 10.1 Å². The number of hydrogen-bond acceptors (Lipinski definition) is 3. The summed E-state index contributed by atoms with van der Waals surface area (Å²) in [6.45, 7) is 5.01. The molecule has 0 bridgehead atoms. The van der Waals surface area contributed by atoms with Gasteiger partial charge in [-0.2, -0.15) is 0 Å². The Labute approximate surface area is 122 Å². The molecule has 0 spiro atoms. The summed E-state index contributed by atoms with van der Waals surface area (Å²) < 4.78 is 11.8. The van der Waals surface area contributed by atoms with Gasteiger partial charge in [0, 0.05) is 0 Å². The molecule has 0 saturated heterocycles. The van der Waals surface area contributed by atoms with Gasteiger partial charge in [0.25, 0.3) is 0 Å². The molecule has 1 heterocycles. The van der Waals surface area contributed by atoms with Crippen LogP contribution in [0.3, 0.4) is 0 Å². The summed E-state index contributed by atoms with van der Waals surface area (Å²) in [5, 5.41) is 3.45. The van der Waals surface area contributed by atoms with Gasteiger partial charge in [0.2, 0.25) is 0 Å². The van der Waals surface area contributed by atoms with Crippen LogP contribution in [0.4, 0.5) is 0 Å². The van der Waals surface area contributed by atoms with E-state index in [1.807, 2.05) is 12.1 Å². The number of hydrogen-bond donors (Lipinski definition) is 1. The minimum atomic E-state index is 0.0576. The molecule has 0 amide bonds. The van der Waals surface area contributed by atoms with Gasteiger partial charge in [-0.05, 0) is 58.7 Å². The highest BCUT2D eigenvalue weighted by atomic mass is 79.9. The van der Waals surface area contributed by atoms with E-state index in [9.17, 15) is 0 Å². The summed E-state index contributed by atoms with van der Waals surface area (Å²) in [6.07, 6.45) is 1.73. The molecule has 2 rings (SSSR count). The van der Waals surface area contributed by atoms with Gasteiger partial charge in [0.05, 0.1) is 23.9 Å². The van der Waals surface area contributed by atoms with E-state index in [0.717, 1.165) is 33.7 Å². The molecule has 0 aliphatic carbocycles. The van der Waals surface area contributed by atoms with Crippen LogP contribution in [-0.2, 0) is 0 Å². The van der Waals surface area contributed by atoms with Gasteiger partial charge in [0.15, 0.2) is 0 Å². The zero-order valence-corrected chi connectivity index (χ0v) is 13.0. The van der Waals surface area contributed by atoms with Crippen molar-refractivity contribution in [3.8, 4) is 5.75 Å². The number of rotatable bonds is 5. The molecule has 3 nitrogen and oxygen atoms in total. The van der Waals surface area contributed by atoms with Crippen molar-refractivity contribution < 1.29 is 9.15 Å². The van der Waals surface area contributed by atoms with Crippen LogP contribution in [0.2, 0.25) is 0 Å². The molecule has 1 aromatic carbocycles. The number of benzene rings is 1. The molecule has 0 radical (unpaired) electrons. The Morgan fingerprint density at radius 2 is 2.16 bits per heavy atom. The predicted molar refractivity (Wildman–Crippen MR) is 79.7 cm³/mol. The smallest absolute Gasteiger partial charge is 0.133 e. The predicted octanol–water partition coefficient (Wildman–Crippen LogP) is 4.06. The average Bonchev–Trinajstić information content (AvgIpc) is 2.82. The van der Waals surface area contributed by atoms with Crippen molar-refractivity contribution in [2.45, 2.75) is 19.9 Å². The van der Waals surface area contributed by atoms with Crippen LogP contribution in [0, 0.1) is 6.92 Å². The van der Waals surface area contributed by atoms with E-state index in [1.165, 1.54) is 0 Å². The summed E-state index contributed by atoms with van der Waals surface area (Å²) in [4.78, 5) is 0. The summed E-state index contributed by atoms with van der Waals surface area (Å²) in [6, 6.07) is 8.12. The molecule has 1 unspecified atom stereocenters. The minimum Gasteiger partial charge on any atom is -0.496 e. The molecule has 102 valence electrons. The molecule has 1 aromatic heterocycles. The maximum absolute atomic E-state index is 5.62. The molecule has 4 heteroatoms. The van der Waals surface area contributed by atoms with E-state index in [4.69, 9.17) is 9.15 Å². The topological polar surface area (TPSA) is 34.4 Å². The third-order valence-electron chi connectivity index (χ3n) is 3.08. The highest BCUT2D eigenvalue weighted by Crippen LogP contribution is 2.31. The van der Waals surface area contributed by atoms with E-state index in [-0.39, 0.29) is 6.04 Å². The van der Waals surface area contributed by atoms with Gasteiger partial charge in [0.1, 0.15) is 11.5 Å². The SMILES string of the molecule is CCNC(c1ccc(OC)c(Br)c1)c1occc1C. The van der Waals surface area contributed by atoms with Crippen LogP contribution in [0.5, 0.6) is 5.75 Å². The lowest BCUT2D eigenvalue weighted by molar-refractivity contribution is 0.411. The Hall–Kier alpha value is -1.26. The first-order chi connectivity index (χ1) is 9.17. The minimum absolute atomic E-state index is 0.0576. The van der Waals surface area contributed by atoms with Crippen LogP contribution in [0.15, 0.2) is 39.4 Å². The second kappa shape index (κ2) is 6.26. The maximum atomic E-state index is 5.62. The largest absolute Gasteiger partial charge is 0.496 e. The maximum Gasteiger partial charge on any atom is 0.133 e. The Bertz CT molecular complexity index is 551. The zero-order valence-electron chi connectivity index (χ0n) is 11.4. The van der Waals surface area contributed by atoms with Crippen LogP contribution in [0.1, 0.15) is 29.9 Å². The van der Waals surface area contributed by atoms with Gasteiger partial charge < -0.3 is 14.5 Å². The van der Waals surface area contributed by atoms with Crippen LogP contribution in [0.25, 0.3) is 0 Å². The summed E-state index contributed by atoms with van der Waals surface area (Å²) >= 11 is 3.53. The van der Waals surface area contributed by atoms with Crippen molar-refractivity contribution in [2.75, 3.05) is 13.7 Å². The van der Waals surface area contributed by atoms with E-state index in [2.05, 4.69) is 47.2 Å². The third-order valence-corrected chi connectivity index (χ3v) is 3.70. The van der Waals surface area contributed by atoms with Gasteiger partial charge in [-0.1, -0.05) is 13.0 Å². The van der Waals surface area contributed by atoms with Crippen molar-refractivity contribution in [3.63, 3.8) is 0 Å². The molecular formula is C15H18BrNO2. The zero-order chi connectivity index (χ0) is 13.8. The van der Waals surface area contributed by atoms with Gasteiger partial charge in [-0.3, -0.25) is 0 Å². The van der Waals surface area contributed by atoms with E-state index in [1.54, 1.807) is 13.4 Å². The third kappa shape index (κ3) is 3.01. The molecule has 19 heavy (non-hydrogen) atoms. The van der Waals surface area contributed by atoms with Gasteiger partial charge in [-0.15, -0.1) is 0 Å². The molecule has 1 N–H and O–H groups in total. The summed E-state index contributed by atoms with van der Waals surface area (Å²) in [7, 11) is 1.66. The highest BCUT2D eigenvalue weighted by molar-refractivity contribution is 9.10. The molecule has 0 saturated carbocycles. The number of aryl methyl sites for hydroxylation is 1. The van der Waals surface area contributed by atoms with E-state index < -0.39 is 0 Å².